The predicted molar refractivity (Wildman–Crippen MR) is 87.1 cm³/mol. The smallest absolute Gasteiger partial charge is 0.291 e. The lowest BCUT2D eigenvalue weighted by Crippen LogP contribution is -2.35. The van der Waals surface area contributed by atoms with Crippen LogP contribution in [0, 0.1) is 0 Å². The largest absolute Gasteiger partial charge is 0.330 e. The molecule has 1 aromatic carbocycles. The second kappa shape index (κ2) is 5.58. The number of rotatable bonds is 3. The zero-order valence-corrected chi connectivity index (χ0v) is 12.5. The van der Waals surface area contributed by atoms with Crippen LogP contribution in [0.2, 0.25) is 0 Å². The first-order valence-electron chi connectivity index (χ1n) is 7.24. The van der Waals surface area contributed by atoms with Gasteiger partial charge in [0.15, 0.2) is 5.65 Å². The highest BCUT2D eigenvalue weighted by Crippen LogP contribution is 2.06. The van der Waals surface area contributed by atoms with Crippen molar-refractivity contribution in [2.45, 2.75) is 6.54 Å². The highest BCUT2D eigenvalue weighted by atomic mass is 16.2. The minimum atomic E-state index is -0.508. The van der Waals surface area contributed by atoms with Crippen molar-refractivity contribution in [1.29, 1.82) is 0 Å². The Labute approximate surface area is 135 Å². The first-order chi connectivity index (χ1) is 11.7. The van der Waals surface area contributed by atoms with Crippen molar-refractivity contribution in [3.05, 3.63) is 81.7 Å². The lowest BCUT2D eigenvalue weighted by atomic mass is 10.2. The van der Waals surface area contributed by atoms with E-state index in [2.05, 4.69) is 19.9 Å². The van der Waals surface area contributed by atoms with E-state index in [1.807, 2.05) is 30.3 Å². The molecule has 0 atom stereocenters. The monoisotopic (exact) mass is 320 g/mol. The van der Waals surface area contributed by atoms with Gasteiger partial charge in [0.05, 0.1) is 6.54 Å². The van der Waals surface area contributed by atoms with E-state index in [1.165, 1.54) is 12.5 Å². The minimum absolute atomic E-state index is 0.189. The van der Waals surface area contributed by atoms with Gasteiger partial charge in [-0.05, 0) is 5.56 Å². The van der Waals surface area contributed by atoms with Gasteiger partial charge >= 0.3 is 5.69 Å². The molecule has 3 aromatic heterocycles. The summed E-state index contributed by atoms with van der Waals surface area (Å²) in [6.45, 7) is 0.189. The van der Waals surface area contributed by atoms with Crippen LogP contribution in [-0.2, 0) is 6.54 Å². The molecule has 0 aliphatic carbocycles. The number of aromatic nitrogens is 6. The fourth-order valence-corrected chi connectivity index (χ4v) is 2.44. The average Bonchev–Trinajstić information content (AvgIpc) is 3.14. The summed E-state index contributed by atoms with van der Waals surface area (Å²) in [5.74, 6) is 0.329. The SMILES string of the molecule is O=c1[nH]c2nc(-n3ccnc3)ncc2c(=O)n1Cc1ccccc1. The maximum absolute atomic E-state index is 12.6. The zero-order chi connectivity index (χ0) is 16.5. The molecule has 8 heteroatoms. The molecule has 0 saturated carbocycles. The maximum Gasteiger partial charge on any atom is 0.330 e. The summed E-state index contributed by atoms with van der Waals surface area (Å²) in [4.78, 5) is 39.8. The molecule has 0 spiro atoms. The Morgan fingerprint density at radius 1 is 1.12 bits per heavy atom. The van der Waals surface area contributed by atoms with Gasteiger partial charge in [-0.15, -0.1) is 0 Å². The summed E-state index contributed by atoms with van der Waals surface area (Å²) in [7, 11) is 0. The van der Waals surface area contributed by atoms with Gasteiger partial charge in [0.2, 0.25) is 5.95 Å². The van der Waals surface area contributed by atoms with Gasteiger partial charge in [-0.3, -0.25) is 18.9 Å². The third-order valence-corrected chi connectivity index (χ3v) is 3.64. The number of imidazole rings is 1. The number of hydrogen-bond donors (Lipinski definition) is 1. The Bertz CT molecular complexity index is 1110. The molecule has 4 rings (SSSR count). The number of benzene rings is 1. The molecular weight excluding hydrogens is 308 g/mol. The minimum Gasteiger partial charge on any atom is -0.291 e. The van der Waals surface area contributed by atoms with Crippen LogP contribution in [0.1, 0.15) is 5.56 Å². The Balaban J connectivity index is 1.85. The van der Waals surface area contributed by atoms with E-state index < -0.39 is 11.2 Å². The fourth-order valence-electron chi connectivity index (χ4n) is 2.44. The van der Waals surface area contributed by atoms with E-state index in [9.17, 15) is 9.59 Å². The Morgan fingerprint density at radius 3 is 2.71 bits per heavy atom. The quantitative estimate of drug-likeness (QED) is 0.599. The molecule has 0 bridgehead atoms. The number of nitrogens with zero attached hydrogens (tertiary/aromatic N) is 5. The van der Waals surface area contributed by atoms with Gasteiger partial charge in [0.25, 0.3) is 5.56 Å². The van der Waals surface area contributed by atoms with Gasteiger partial charge in [0, 0.05) is 18.6 Å². The number of fused-ring (bicyclic) bond motifs is 1. The zero-order valence-electron chi connectivity index (χ0n) is 12.5. The highest BCUT2D eigenvalue weighted by molar-refractivity contribution is 5.72. The topological polar surface area (TPSA) is 98.5 Å². The molecule has 0 radical (unpaired) electrons. The van der Waals surface area contributed by atoms with E-state index in [1.54, 1.807) is 17.0 Å². The molecule has 0 aliphatic rings. The molecule has 0 fully saturated rings. The fraction of sp³-hybridized carbons (Fsp3) is 0.0625. The molecule has 0 saturated heterocycles. The molecule has 8 nitrogen and oxygen atoms in total. The van der Waals surface area contributed by atoms with Gasteiger partial charge < -0.3 is 0 Å². The molecular formula is C16H12N6O2. The van der Waals surface area contributed by atoms with Crippen LogP contribution in [0.5, 0.6) is 0 Å². The van der Waals surface area contributed by atoms with E-state index in [0.717, 1.165) is 10.1 Å². The second-order valence-electron chi connectivity index (χ2n) is 5.21. The number of hydrogen-bond acceptors (Lipinski definition) is 5. The van der Waals surface area contributed by atoms with Crippen LogP contribution < -0.4 is 11.2 Å². The summed E-state index contributed by atoms with van der Waals surface area (Å²) >= 11 is 0. The Kier molecular flexibility index (Phi) is 3.27. The van der Waals surface area contributed by atoms with Crippen LogP contribution in [0.4, 0.5) is 0 Å². The van der Waals surface area contributed by atoms with Crippen LogP contribution in [0.25, 0.3) is 17.0 Å². The van der Waals surface area contributed by atoms with Crippen LogP contribution >= 0.6 is 0 Å². The Hall–Kier alpha value is -3.55. The van der Waals surface area contributed by atoms with Crippen molar-refractivity contribution in [2.24, 2.45) is 0 Å². The van der Waals surface area contributed by atoms with E-state index >= 15 is 0 Å². The number of H-pyrrole nitrogens is 1. The van der Waals surface area contributed by atoms with E-state index in [4.69, 9.17) is 0 Å². The first kappa shape index (κ1) is 14.1. The van der Waals surface area contributed by atoms with Gasteiger partial charge in [0.1, 0.15) is 11.7 Å². The lowest BCUT2D eigenvalue weighted by Gasteiger charge is -2.07. The highest BCUT2D eigenvalue weighted by Gasteiger charge is 2.11. The molecule has 0 aliphatic heterocycles. The van der Waals surface area contributed by atoms with Crippen molar-refractivity contribution < 1.29 is 0 Å². The lowest BCUT2D eigenvalue weighted by molar-refractivity contribution is 0.708. The summed E-state index contributed by atoms with van der Waals surface area (Å²) in [6.07, 6.45) is 6.22. The van der Waals surface area contributed by atoms with Crippen molar-refractivity contribution >= 4 is 11.0 Å². The van der Waals surface area contributed by atoms with Crippen LogP contribution in [0.3, 0.4) is 0 Å². The standard InChI is InChI=1S/C16H12N6O2/c23-14-12-8-18-15(21-7-6-17-10-21)19-13(12)20-16(24)22(14)9-11-4-2-1-3-5-11/h1-8,10H,9H2,(H,18,19,20,24). The molecule has 24 heavy (non-hydrogen) atoms. The average molecular weight is 320 g/mol. The summed E-state index contributed by atoms with van der Waals surface area (Å²) < 4.78 is 2.73. The molecule has 118 valence electrons. The van der Waals surface area contributed by atoms with Crippen LogP contribution in [-0.4, -0.2) is 29.1 Å². The number of aromatic amines is 1. The molecule has 4 aromatic rings. The molecule has 3 heterocycles. The van der Waals surface area contributed by atoms with Crippen molar-refractivity contribution in [1.82, 2.24) is 29.1 Å². The summed E-state index contributed by atoms with van der Waals surface area (Å²) in [6, 6.07) is 9.30. The van der Waals surface area contributed by atoms with E-state index in [-0.39, 0.29) is 17.6 Å². The summed E-state index contributed by atoms with van der Waals surface area (Å²) in [5.41, 5.74) is 0.134. The molecule has 0 amide bonds. The summed E-state index contributed by atoms with van der Waals surface area (Å²) in [5, 5.41) is 0.259. The number of nitrogens with one attached hydrogen (secondary N) is 1. The third-order valence-electron chi connectivity index (χ3n) is 3.64. The maximum atomic E-state index is 12.6. The van der Waals surface area contributed by atoms with E-state index in [0.29, 0.717) is 5.95 Å². The second-order valence-corrected chi connectivity index (χ2v) is 5.21. The van der Waals surface area contributed by atoms with Crippen LogP contribution in [0.15, 0.2) is 64.8 Å². The first-order valence-corrected chi connectivity index (χ1v) is 7.24. The van der Waals surface area contributed by atoms with Gasteiger partial charge in [-0.1, -0.05) is 30.3 Å². The van der Waals surface area contributed by atoms with Crippen molar-refractivity contribution in [2.75, 3.05) is 0 Å². The Morgan fingerprint density at radius 2 is 1.96 bits per heavy atom. The molecule has 0 unspecified atom stereocenters. The third kappa shape index (κ3) is 2.39. The van der Waals surface area contributed by atoms with Crippen molar-refractivity contribution in [3.8, 4) is 5.95 Å². The van der Waals surface area contributed by atoms with Gasteiger partial charge in [-0.2, -0.15) is 4.98 Å². The normalized spacial score (nSPS) is 11.0. The molecule has 1 N–H and O–H groups in total. The van der Waals surface area contributed by atoms with Gasteiger partial charge in [-0.25, -0.2) is 14.8 Å². The van der Waals surface area contributed by atoms with Crippen molar-refractivity contribution in [3.63, 3.8) is 0 Å². The predicted octanol–water partition coefficient (Wildman–Crippen LogP) is 0.714.